The van der Waals surface area contributed by atoms with Gasteiger partial charge in [-0.3, -0.25) is 9.36 Å². The molecule has 0 spiro atoms. The number of hydrogen-bond acceptors (Lipinski definition) is 5. The van der Waals surface area contributed by atoms with Gasteiger partial charge in [0.1, 0.15) is 11.6 Å². The van der Waals surface area contributed by atoms with Crippen molar-refractivity contribution in [3.05, 3.63) is 135 Å². The second kappa shape index (κ2) is 10.6. The summed E-state index contributed by atoms with van der Waals surface area (Å²) in [6, 6.07) is 33.6. The molecule has 0 amide bonds. The van der Waals surface area contributed by atoms with Gasteiger partial charge in [-0.15, -0.1) is 11.3 Å². The molecule has 0 saturated carbocycles. The summed E-state index contributed by atoms with van der Waals surface area (Å²) in [4.78, 5) is 23.7. The van der Waals surface area contributed by atoms with Gasteiger partial charge in [0.15, 0.2) is 4.80 Å². The number of hydrogen-bond donors (Lipinski definition) is 0. The third kappa shape index (κ3) is 4.92. The van der Waals surface area contributed by atoms with Crippen molar-refractivity contribution >= 4 is 27.9 Å². The van der Waals surface area contributed by atoms with Crippen LogP contribution in [0.3, 0.4) is 0 Å². The molecule has 0 saturated heterocycles. The number of fused-ring (bicyclic) bond motifs is 1. The first-order valence-corrected chi connectivity index (χ1v) is 13.5. The van der Waals surface area contributed by atoms with E-state index >= 15 is 0 Å². The van der Waals surface area contributed by atoms with E-state index in [1.165, 1.54) is 5.56 Å². The lowest BCUT2D eigenvalue weighted by atomic mass is 10.1. The highest BCUT2D eigenvalue weighted by molar-refractivity contribution is 7.07. The lowest BCUT2D eigenvalue weighted by Crippen LogP contribution is -2.22. The van der Waals surface area contributed by atoms with Crippen molar-refractivity contribution in [3.8, 4) is 22.7 Å². The smallest absolute Gasteiger partial charge is 0.265 e. The number of aryl methyl sites for hydroxylation is 1. The van der Waals surface area contributed by atoms with Crippen molar-refractivity contribution in [1.82, 2.24) is 14.1 Å². The van der Waals surface area contributed by atoms with Gasteiger partial charge in [0.05, 0.1) is 41.6 Å². The molecule has 4 aromatic carbocycles. The maximum Gasteiger partial charge on any atom is 0.265 e. The first-order chi connectivity index (χ1) is 19.1. The van der Waals surface area contributed by atoms with Crippen molar-refractivity contribution in [3.63, 3.8) is 0 Å². The first-order valence-electron chi connectivity index (χ1n) is 12.6. The van der Waals surface area contributed by atoms with E-state index in [0.29, 0.717) is 23.3 Å². The number of benzene rings is 4. The van der Waals surface area contributed by atoms with E-state index in [1.54, 1.807) is 23.0 Å². The molecule has 0 bridgehead atoms. The molecule has 0 fully saturated rings. The highest BCUT2D eigenvalue weighted by Crippen LogP contribution is 2.25. The van der Waals surface area contributed by atoms with Gasteiger partial charge in [-0.25, -0.2) is 9.98 Å². The van der Waals surface area contributed by atoms with E-state index in [-0.39, 0.29) is 5.56 Å². The van der Waals surface area contributed by atoms with Crippen molar-refractivity contribution in [2.75, 3.05) is 7.11 Å². The van der Waals surface area contributed by atoms with Crippen molar-refractivity contribution in [2.24, 2.45) is 4.99 Å². The van der Waals surface area contributed by atoms with Crippen LogP contribution in [-0.4, -0.2) is 21.2 Å². The molecule has 0 aliphatic carbocycles. The number of para-hydroxylation sites is 1. The highest BCUT2D eigenvalue weighted by atomic mass is 32.1. The number of ether oxygens (including phenoxy) is 1. The SMILES string of the molecule is COc1ccc(-c2csc(=Nc3ccc(-n4c(C)nc5ccccc5c4=O)cc3)n2Cc2ccccc2)cc1. The Bertz CT molecular complexity index is 1880. The Kier molecular flexibility index (Phi) is 6.65. The van der Waals surface area contributed by atoms with Gasteiger partial charge in [-0.1, -0.05) is 42.5 Å². The maximum absolute atomic E-state index is 13.2. The maximum atomic E-state index is 13.2. The zero-order valence-electron chi connectivity index (χ0n) is 21.6. The van der Waals surface area contributed by atoms with Crippen LogP contribution in [0.2, 0.25) is 0 Å². The fraction of sp³-hybridized carbons (Fsp3) is 0.0938. The molecule has 0 aliphatic heterocycles. The van der Waals surface area contributed by atoms with E-state index in [9.17, 15) is 4.79 Å². The fourth-order valence-electron chi connectivity index (χ4n) is 4.66. The summed E-state index contributed by atoms with van der Waals surface area (Å²) in [7, 11) is 1.67. The topological polar surface area (TPSA) is 61.4 Å². The molecular weight excluding hydrogens is 504 g/mol. The summed E-state index contributed by atoms with van der Waals surface area (Å²) in [6.45, 7) is 2.55. The Morgan fingerprint density at radius 1 is 0.872 bits per heavy atom. The van der Waals surface area contributed by atoms with Gasteiger partial charge < -0.3 is 9.30 Å². The van der Waals surface area contributed by atoms with E-state index in [2.05, 4.69) is 51.3 Å². The highest BCUT2D eigenvalue weighted by Gasteiger charge is 2.11. The molecule has 0 N–H and O–H groups in total. The fourth-order valence-corrected chi connectivity index (χ4v) is 5.59. The number of thiazole rings is 1. The second-order valence-electron chi connectivity index (χ2n) is 9.15. The molecule has 6 aromatic rings. The van der Waals surface area contributed by atoms with Gasteiger partial charge in [0, 0.05) is 5.38 Å². The van der Waals surface area contributed by atoms with E-state index in [1.807, 2.05) is 73.7 Å². The van der Waals surface area contributed by atoms with Gasteiger partial charge in [0.25, 0.3) is 5.56 Å². The minimum Gasteiger partial charge on any atom is -0.497 e. The Morgan fingerprint density at radius 3 is 2.33 bits per heavy atom. The van der Waals surface area contributed by atoms with Crippen molar-refractivity contribution in [2.45, 2.75) is 13.5 Å². The predicted octanol–water partition coefficient (Wildman–Crippen LogP) is 6.51. The van der Waals surface area contributed by atoms with Crippen LogP contribution in [0.5, 0.6) is 5.75 Å². The Labute approximate surface area is 229 Å². The van der Waals surface area contributed by atoms with E-state index in [0.717, 1.165) is 33.2 Å². The summed E-state index contributed by atoms with van der Waals surface area (Å²) in [6.07, 6.45) is 0. The van der Waals surface area contributed by atoms with Crippen molar-refractivity contribution < 1.29 is 4.74 Å². The van der Waals surface area contributed by atoms with Gasteiger partial charge in [-0.05, 0) is 78.7 Å². The molecule has 0 radical (unpaired) electrons. The normalized spacial score (nSPS) is 11.7. The van der Waals surface area contributed by atoms with E-state index < -0.39 is 0 Å². The molecule has 0 atom stereocenters. The summed E-state index contributed by atoms with van der Waals surface area (Å²) in [5.74, 6) is 1.47. The number of methoxy groups -OCH3 is 1. The quantitative estimate of drug-likeness (QED) is 0.247. The monoisotopic (exact) mass is 530 g/mol. The van der Waals surface area contributed by atoms with Gasteiger partial charge >= 0.3 is 0 Å². The van der Waals surface area contributed by atoms with Gasteiger partial charge in [0.2, 0.25) is 0 Å². The van der Waals surface area contributed by atoms with Crippen LogP contribution in [0.25, 0.3) is 27.8 Å². The molecule has 0 unspecified atom stereocenters. The molecule has 6 rings (SSSR count). The molecule has 39 heavy (non-hydrogen) atoms. The Morgan fingerprint density at radius 2 is 1.59 bits per heavy atom. The van der Waals surface area contributed by atoms with Crippen LogP contribution in [-0.2, 0) is 6.54 Å². The van der Waals surface area contributed by atoms with Crippen LogP contribution in [0.15, 0.2) is 118 Å². The lowest BCUT2D eigenvalue weighted by Gasteiger charge is -2.11. The predicted molar refractivity (Wildman–Crippen MR) is 157 cm³/mol. The van der Waals surface area contributed by atoms with Crippen molar-refractivity contribution in [1.29, 1.82) is 0 Å². The minimum atomic E-state index is -0.0779. The third-order valence-electron chi connectivity index (χ3n) is 6.64. The molecular formula is C32H26N4O2S. The average molecular weight is 531 g/mol. The Hall–Kier alpha value is -4.75. The summed E-state index contributed by atoms with van der Waals surface area (Å²) < 4.78 is 9.23. The molecule has 2 heterocycles. The molecule has 2 aromatic heterocycles. The summed E-state index contributed by atoms with van der Waals surface area (Å²) >= 11 is 1.60. The molecule has 6 nitrogen and oxygen atoms in total. The van der Waals surface area contributed by atoms with E-state index in [4.69, 9.17) is 9.73 Å². The zero-order chi connectivity index (χ0) is 26.8. The van der Waals surface area contributed by atoms with Crippen LogP contribution in [0, 0.1) is 6.92 Å². The average Bonchev–Trinajstić information content (AvgIpc) is 3.36. The molecule has 7 heteroatoms. The minimum absolute atomic E-state index is 0.0779. The zero-order valence-corrected chi connectivity index (χ0v) is 22.4. The van der Waals surface area contributed by atoms with Crippen LogP contribution in [0.4, 0.5) is 5.69 Å². The Balaban J connectivity index is 1.41. The number of aromatic nitrogens is 3. The van der Waals surface area contributed by atoms with Crippen LogP contribution < -0.4 is 15.1 Å². The first kappa shape index (κ1) is 24.6. The van der Waals surface area contributed by atoms with Crippen LogP contribution in [0.1, 0.15) is 11.4 Å². The lowest BCUT2D eigenvalue weighted by molar-refractivity contribution is 0.415. The standard InChI is InChI=1S/C32H26N4O2S/c1-22-33-29-11-7-6-10-28(29)31(37)36(22)26-16-14-25(15-17-26)34-32-35(20-23-8-4-3-5-9-23)30(21-39-32)24-12-18-27(38-2)19-13-24/h3-19,21H,20H2,1-2H3. The number of nitrogens with zero attached hydrogens (tertiary/aromatic N) is 4. The third-order valence-corrected chi connectivity index (χ3v) is 7.51. The van der Waals surface area contributed by atoms with Gasteiger partial charge in [-0.2, -0.15) is 0 Å². The van der Waals surface area contributed by atoms with Crippen LogP contribution >= 0.6 is 11.3 Å². The summed E-state index contributed by atoms with van der Waals surface area (Å²) in [5.41, 5.74) is 5.58. The molecule has 0 aliphatic rings. The summed E-state index contributed by atoms with van der Waals surface area (Å²) in [5, 5.41) is 2.74. The molecule has 192 valence electrons. The number of rotatable bonds is 6. The largest absolute Gasteiger partial charge is 0.497 e. The second-order valence-corrected chi connectivity index (χ2v) is 9.99.